The van der Waals surface area contributed by atoms with E-state index < -0.39 is 0 Å². The molecule has 6 nitrogen and oxygen atoms in total. The van der Waals surface area contributed by atoms with Crippen molar-refractivity contribution in [1.82, 2.24) is 15.3 Å². The fourth-order valence-corrected chi connectivity index (χ4v) is 1.62. The van der Waals surface area contributed by atoms with Crippen LogP contribution < -0.4 is 16.0 Å². The van der Waals surface area contributed by atoms with Gasteiger partial charge in [0, 0.05) is 12.6 Å². The zero-order valence-corrected chi connectivity index (χ0v) is 11.0. The maximum atomic E-state index is 5.25. The molecule has 102 valence electrons. The normalized spacial score (nSPS) is 10.4. The van der Waals surface area contributed by atoms with Crippen molar-refractivity contribution in [3.8, 4) is 0 Å². The van der Waals surface area contributed by atoms with E-state index >= 15 is 0 Å². The third-order valence-electron chi connectivity index (χ3n) is 2.60. The zero-order valence-electron chi connectivity index (χ0n) is 11.0. The summed E-state index contributed by atoms with van der Waals surface area (Å²) in [6.07, 6.45) is 4.26. The molecule has 2 aromatic rings. The molecule has 0 saturated carbocycles. The molecule has 0 aliphatic rings. The van der Waals surface area contributed by atoms with Crippen molar-refractivity contribution in [2.75, 3.05) is 30.8 Å². The minimum Gasteiger partial charge on any atom is -0.467 e. The van der Waals surface area contributed by atoms with Crippen LogP contribution in [0.4, 0.5) is 11.6 Å². The molecule has 0 aliphatic heterocycles. The Morgan fingerprint density at radius 2 is 2.00 bits per heavy atom. The molecule has 19 heavy (non-hydrogen) atoms. The Morgan fingerprint density at radius 3 is 2.74 bits per heavy atom. The molecule has 0 unspecified atom stereocenters. The lowest BCUT2D eigenvalue weighted by Gasteiger charge is -2.07. The highest BCUT2D eigenvalue weighted by molar-refractivity contribution is 5.46. The van der Waals surface area contributed by atoms with Crippen LogP contribution in [0.3, 0.4) is 0 Å². The monoisotopic (exact) mass is 261 g/mol. The number of rotatable bonds is 8. The summed E-state index contributed by atoms with van der Waals surface area (Å²) in [6, 6.07) is 5.68. The molecule has 0 amide bonds. The molecule has 2 heterocycles. The van der Waals surface area contributed by atoms with Crippen LogP contribution in [-0.2, 0) is 6.54 Å². The highest BCUT2D eigenvalue weighted by Crippen LogP contribution is 2.10. The van der Waals surface area contributed by atoms with E-state index in [1.165, 1.54) is 0 Å². The zero-order chi connectivity index (χ0) is 13.3. The van der Waals surface area contributed by atoms with Crippen molar-refractivity contribution in [3.05, 3.63) is 36.5 Å². The second-order valence-corrected chi connectivity index (χ2v) is 4.11. The van der Waals surface area contributed by atoms with Crippen molar-refractivity contribution < 1.29 is 4.42 Å². The topological polar surface area (TPSA) is 75.0 Å². The first kappa shape index (κ1) is 13.4. The van der Waals surface area contributed by atoms with Gasteiger partial charge in [-0.2, -0.15) is 0 Å². The predicted octanol–water partition coefficient (Wildman–Crippen LogP) is 1.70. The van der Waals surface area contributed by atoms with Crippen LogP contribution in [0.2, 0.25) is 0 Å². The number of hydrogen-bond donors (Lipinski definition) is 3. The number of anilines is 2. The Bertz CT molecular complexity index is 472. The van der Waals surface area contributed by atoms with Crippen LogP contribution in [0, 0.1) is 0 Å². The lowest BCUT2D eigenvalue weighted by atomic mass is 10.4. The lowest BCUT2D eigenvalue weighted by Crippen LogP contribution is -2.13. The Balaban J connectivity index is 1.81. The first-order valence-corrected chi connectivity index (χ1v) is 6.35. The Labute approximate surface area is 112 Å². The van der Waals surface area contributed by atoms with Crippen LogP contribution in [-0.4, -0.2) is 30.1 Å². The first-order chi connectivity index (χ1) is 9.38. The molecule has 6 heteroatoms. The minimum absolute atomic E-state index is 0.614. The highest BCUT2D eigenvalue weighted by Gasteiger charge is 1.99. The summed E-state index contributed by atoms with van der Waals surface area (Å²) >= 11 is 0. The van der Waals surface area contributed by atoms with Crippen molar-refractivity contribution in [3.63, 3.8) is 0 Å². The van der Waals surface area contributed by atoms with E-state index in [-0.39, 0.29) is 0 Å². The molecule has 3 N–H and O–H groups in total. The van der Waals surface area contributed by atoms with E-state index in [0.29, 0.717) is 6.54 Å². The third-order valence-corrected chi connectivity index (χ3v) is 2.60. The second kappa shape index (κ2) is 7.38. The highest BCUT2D eigenvalue weighted by atomic mass is 16.3. The summed E-state index contributed by atoms with van der Waals surface area (Å²) < 4.78 is 5.25. The van der Waals surface area contributed by atoms with E-state index in [1.807, 2.05) is 25.2 Å². The number of furan rings is 1. The molecule has 0 radical (unpaired) electrons. The molecule has 2 aromatic heterocycles. The minimum atomic E-state index is 0.614. The standard InChI is InChI=1S/C13H19N5O/c1-14-5-3-6-15-12-8-13(18-10-17-12)16-9-11-4-2-7-19-11/h2,4,7-8,10,14H,3,5-6,9H2,1H3,(H2,15,16,17,18). The average molecular weight is 261 g/mol. The Hall–Kier alpha value is -2.08. The summed E-state index contributed by atoms with van der Waals surface area (Å²) in [4.78, 5) is 8.34. The van der Waals surface area contributed by atoms with Gasteiger partial charge in [0.25, 0.3) is 0 Å². The van der Waals surface area contributed by atoms with Crippen LogP contribution in [0.1, 0.15) is 12.2 Å². The Kier molecular flexibility index (Phi) is 5.18. The molecule has 0 atom stereocenters. The largest absolute Gasteiger partial charge is 0.467 e. The molecule has 0 bridgehead atoms. The van der Waals surface area contributed by atoms with E-state index in [9.17, 15) is 0 Å². The van der Waals surface area contributed by atoms with E-state index in [2.05, 4.69) is 25.9 Å². The molecular formula is C13H19N5O. The van der Waals surface area contributed by atoms with Crippen LogP contribution in [0.15, 0.2) is 35.2 Å². The van der Waals surface area contributed by atoms with Crippen LogP contribution in [0.25, 0.3) is 0 Å². The van der Waals surface area contributed by atoms with Gasteiger partial charge in [0.2, 0.25) is 0 Å². The average Bonchev–Trinajstić information content (AvgIpc) is 2.95. The number of aromatic nitrogens is 2. The summed E-state index contributed by atoms with van der Waals surface area (Å²) in [7, 11) is 1.95. The van der Waals surface area contributed by atoms with Gasteiger partial charge in [-0.1, -0.05) is 0 Å². The van der Waals surface area contributed by atoms with Gasteiger partial charge in [0.05, 0.1) is 12.8 Å². The van der Waals surface area contributed by atoms with Crippen molar-refractivity contribution in [1.29, 1.82) is 0 Å². The van der Waals surface area contributed by atoms with Crippen molar-refractivity contribution >= 4 is 11.6 Å². The fraction of sp³-hybridized carbons (Fsp3) is 0.385. The van der Waals surface area contributed by atoms with Gasteiger partial charge < -0.3 is 20.4 Å². The van der Waals surface area contributed by atoms with Gasteiger partial charge in [-0.05, 0) is 32.1 Å². The Morgan fingerprint density at radius 1 is 1.16 bits per heavy atom. The summed E-state index contributed by atoms with van der Waals surface area (Å²) in [5, 5.41) is 9.56. The van der Waals surface area contributed by atoms with Crippen molar-refractivity contribution in [2.24, 2.45) is 0 Å². The molecule has 0 saturated heterocycles. The number of hydrogen-bond acceptors (Lipinski definition) is 6. The summed E-state index contributed by atoms with van der Waals surface area (Å²) in [5.74, 6) is 2.48. The first-order valence-electron chi connectivity index (χ1n) is 6.35. The molecular weight excluding hydrogens is 242 g/mol. The predicted molar refractivity (Wildman–Crippen MR) is 75.1 cm³/mol. The van der Waals surface area contributed by atoms with Crippen molar-refractivity contribution in [2.45, 2.75) is 13.0 Å². The summed E-state index contributed by atoms with van der Waals surface area (Å²) in [5.41, 5.74) is 0. The number of nitrogens with one attached hydrogen (secondary N) is 3. The van der Waals surface area contributed by atoms with E-state index in [0.717, 1.165) is 36.9 Å². The van der Waals surface area contributed by atoms with E-state index in [1.54, 1.807) is 12.6 Å². The second-order valence-electron chi connectivity index (χ2n) is 4.11. The third kappa shape index (κ3) is 4.59. The number of nitrogens with zero attached hydrogens (tertiary/aromatic N) is 2. The smallest absolute Gasteiger partial charge is 0.131 e. The van der Waals surface area contributed by atoms with Gasteiger partial charge in [0.15, 0.2) is 0 Å². The van der Waals surface area contributed by atoms with E-state index in [4.69, 9.17) is 4.42 Å². The molecule has 0 aromatic carbocycles. The maximum Gasteiger partial charge on any atom is 0.131 e. The van der Waals surface area contributed by atoms with Gasteiger partial charge in [-0.15, -0.1) is 0 Å². The molecule has 2 rings (SSSR count). The molecule has 0 aliphatic carbocycles. The van der Waals surface area contributed by atoms with Gasteiger partial charge in [-0.3, -0.25) is 0 Å². The maximum absolute atomic E-state index is 5.25. The summed E-state index contributed by atoms with van der Waals surface area (Å²) in [6.45, 7) is 2.49. The van der Waals surface area contributed by atoms with Crippen LogP contribution in [0.5, 0.6) is 0 Å². The lowest BCUT2D eigenvalue weighted by molar-refractivity contribution is 0.518. The van der Waals surface area contributed by atoms with Gasteiger partial charge in [-0.25, -0.2) is 9.97 Å². The van der Waals surface area contributed by atoms with Gasteiger partial charge >= 0.3 is 0 Å². The van der Waals surface area contributed by atoms with Crippen LogP contribution >= 0.6 is 0 Å². The fourth-order valence-electron chi connectivity index (χ4n) is 1.62. The quantitative estimate of drug-likeness (QED) is 0.628. The molecule has 0 fully saturated rings. The molecule has 0 spiro atoms. The van der Waals surface area contributed by atoms with Gasteiger partial charge in [0.1, 0.15) is 23.7 Å². The SMILES string of the molecule is CNCCCNc1cc(NCc2ccco2)ncn1.